The summed E-state index contributed by atoms with van der Waals surface area (Å²) in [5, 5.41) is 0. The van der Waals surface area contributed by atoms with Crippen LogP contribution in [0, 0.1) is 5.92 Å². The highest BCUT2D eigenvalue weighted by Gasteiger charge is 2.25. The molecule has 0 bridgehead atoms. The third kappa shape index (κ3) is 13.0. The second-order valence-corrected chi connectivity index (χ2v) is 11.8. The SMILES string of the molecule is CC(C)COS(=O)(=O)OS(=O)(=O)CCCCS(=O)(=O)OS(C)(=O)=O. The minimum absolute atomic E-state index is 0.175. The lowest BCUT2D eigenvalue weighted by Gasteiger charge is -2.08. The van der Waals surface area contributed by atoms with Gasteiger partial charge in [-0.15, -0.1) is 7.26 Å². The summed E-state index contributed by atoms with van der Waals surface area (Å²) in [7, 11) is -17.8. The molecule has 0 aromatic rings. The summed E-state index contributed by atoms with van der Waals surface area (Å²) >= 11 is 0. The average Bonchev–Trinajstić information content (AvgIpc) is 2.28. The highest BCUT2D eigenvalue weighted by molar-refractivity contribution is 7.99. The summed E-state index contributed by atoms with van der Waals surface area (Å²) in [4.78, 5) is 0. The summed E-state index contributed by atoms with van der Waals surface area (Å²) in [6, 6.07) is 0. The first-order valence-electron chi connectivity index (χ1n) is 6.50. The molecule has 15 heteroatoms. The third-order valence-electron chi connectivity index (χ3n) is 2.00. The second-order valence-electron chi connectivity index (χ2n) is 5.16. The van der Waals surface area contributed by atoms with Gasteiger partial charge in [0.2, 0.25) is 0 Å². The predicted molar refractivity (Wildman–Crippen MR) is 83.5 cm³/mol. The van der Waals surface area contributed by atoms with E-state index in [1.807, 2.05) is 0 Å². The van der Waals surface area contributed by atoms with Crippen molar-refractivity contribution >= 4 is 40.8 Å². The maximum atomic E-state index is 11.5. The topological polar surface area (TPSA) is 164 Å². The zero-order chi connectivity index (χ0) is 19.2. The maximum Gasteiger partial charge on any atom is 0.414 e. The van der Waals surface area contributed by atoms with Crippen molar-refractivity contribution < 1.29 is 45.1 Å². The van der Waals surface area contributed by atoms with Crippen LogP contribution >= 0.6 is 0 Å². The Labute approximate surface area is 143 Å². The summed E-state index contributed by atoms with van der Waals surface area (Å²) in [6.07, 6.45) is -0.0351. The van der Waals surface area contributed by atoms with Crippen LogP contribution in [0.15, 0.2) is 0 Å². The molecule has 0 aliphatic carbocycles. The Kier molecular flexibility index (Phi) is 8.75. The molecule has 0 heterocycles. The number of rotatable bonds is 12. The van der Waals surface area contributed by atoms with Crippen LogP contribution in [-0.4, -0.2) is 58.0 Å². The van der Waals surface area contributed by atoms with Crippen LogP contribution in [0.5, 0.6) is 0 Å². The van der Waals surface area contributed by atoms with Gasteiger partial charge in [0.1, 0.15) is 0 Å². The Bertz CT molecular complexity index is 803. The van der Waals surface area contributed by atoms with Gasteiger partial charge in [-0.1, -0.05) is 13.8 Å². The fraction of sp³-hybridized carbons (Fsp3) is 1.00. The van der Waals surface area contributed by atoms with E-state index in [-0.39, 0.29) is 25.4 Å². The molecule has 0 aliphatic heterocycles. The molecular weight excluding hydrogens is 412 g/mol. The second kappa shape index (κ2) is 8.86. The molecule has 0 saturated carbocycles. The van der Waals surface area contributed by atoms with Crippen LogP contribution in [0.2, 0.25) is 0 Å². The summed E-state index contributed by atoms with van der Waals surface area (Å²) in [5.74, 6) is -1.73. The molecule has 0 saturated heterocycles. The molecule has 0 aromatic carbocycles. The number of hydrogen-bond acceptors (Lipinski definition) is 11. The molecule has 0 aromatic heterocycles. The zero-order valence-electron chi connectivity index (χ0n) is 13.2. The molecule has 11 nitrogen and oxygen atoms in total. The Balaban J connectivity index is 4.45. The number of unbranched alkanes of at least 4 members (excludes halogenated alkanes) is 1. The first-order chi connectivity index (χ1) is 10.5. The van der Waals surface area contributed by atoms with Gasteiger partial charge < -0.3 is 0 Å². The van der Waals surface area contributed by atoms with Crippen LogP contribution in [0.25, 0.3) is 0 Å². The minimum atomic E-state index is -4.73. The maximum absolute atomic E-state index is 11.5. The van der Waals surface area contributed by atoms with Crippen LogP contribution < -0.4 is 0 Å². The van der Waals surface area contributed by atoms with Gasteiger partial charge in [0, 0.05) is 0 Å². The third-order valence-corrected chi connectivity index (χ3v) is 7.31. The van der Waals surface area contributed by atoms with E-state index >= 15 is 0 Å². The Morgan fingerprint density at radius 3 is 1.54 bits per heavy atom. The Morgan fingerprint density at radius 1 is 0.750 bits per heavy atom. The van der Waals surface area contributed by atoms with Crippen molar-refractivity contribution in [3.8, 4) is 0 Å². The molecule has 0 rings (SSSR count). The van der Waals surface area contributed by atoms with Gasteiger partial charge in [0.05, 0.1) is 24.4 Å². The van der Waals surface area contributed by atoms with Gasteiger partial charge in [-0.25, -0.2) is 4.18 Å². The van der Waals surface area contributed by atoms with Gasteiger partial charge in [0.25, 0.3) is 30.4 Å². The van der Waals surface area contributed by atoms with Gasteiger partial charge in [-0.3, -0.25) is 0 Å². The summed E-state index contributed by atoms with van der Waals surface area (Å²) in [6.45, 7) is 3.02. The van der Waals surface area contributed by atoms with E-state index in [4.69, 9.17) is 0 Å². The van der Waals surface area contributed by atoms with E-state index < -0.39 is 52.3 Å². The van der Waals surface area contributed by atoms with E-state index in [0.717, 1.165) is 0 Å². The molecule has 0 radical (unpaired) electrons. The lowest BCUT2D eigenvalue weighted by atomic mass is 10.2. The van der Waals surface area contributed by atoms with E-state index in [1.54, 1.807) is 13.8 Å². The minimum Gasteiger partial charge on any atom is -0.247 e. The molecule has 24 heavy (non-hydrogen) atoms. The zero-order valence-corrected chi connectivity index (χ0v) is 16.5. The van der Waals surface area contributed by atoms with Crippen molar-refractivity contribution in [1.29, 1.82) is 0 Å². The standard InChI is InChI=1S/C9H20O11S4/c1-9(2)8-18-24(16,17)20-23(14,15)7-5-4-6-22(12,13)19-21(3,10)11/h9H,4-8H2,1-3H3. The van der Waals surface area contributed by atoms with Gasteiger partial charge in [0.15, 0.2) is 0 Å². The summed E-state index contributed by atoms with van der Waals surface area (Å²) in [5.41, 5.74) is 0. The van der Waals surface area contributed by atoms with Crippen LogP contribution in [0.1, 0.15) is 26.7 Å². The van der Waals surface area contributed by atoms with Gasteiger partial charge in [-0.2, -0.15) is 33.7 Å². The van der Waals surface area contributed by atoms with E-state index in [9.17, 15) is 33.7 Å². The lowest BCUT2D eigenvalue weighted by Crippen LogP contribution is -2.21. The molecule has 0 atom stereocenters. The lowest BCUT2D eigenvalue weighted by molar-refractivity contribution is 0.243. The van der Waals surface area contributed by atoms with Crippen molar-refractivity contribution in [2.45, 2.75) is 26.7 Å². The molecular formula is C9H20O11S4. The molecule has 0 amide bonds. The molecule has 146 valence electrons. The van der Waals surface area contributed by atoms with Gasteiger partial charge in [-0.05, 0) is 18.8 Å². The molecule has 0 spiro atoms. The van der Waals surface area contributed by atoms with Crippen molar-refractivity contribution in [2.75, 3.05) is 24.4 Å². The molecule has 0 aliphatic rings. The first kappa shape index (κ1) is 23.7. The fourth-order valence-electron chi connectivity index (χ4n) is 1.18. The predicted octanol–water partition coefficient (Wildman–Crippen LogP) is -0.664. The van der Waals surface area contributed by atoms with Crippen LogP contribution in [0.4, 0.5) is 0 Å². The van der Waals surface area contributed by atoms with Crippen molar-refractivity contribution in [2.24, 2.45) is 5.92 Å². The van der Waals surface area contributed by atoms with Crippen LogP contribution in [0.3, 0.4) is 0 Å². The Morgan fingerprint density at radius 2 is 1.17 bits per heavy atom. The smallest absolute Gasteiger partial charge is 0.247 e. The number of hydrogen-bond donors (Lipinski definition) is 0. The largest absolute Gasteiger partial charge is 0.414 e. The Hall–Kier alpha value is -0.320. The van der Waals surface area contributed by atoms with E-state index in [0.29, 0.717) is 6.26 Å². The van der Waals surface area contributed by atoms with E-state index in [1.165, 1.54) is 0 Å². The fourth-order valence-corrected chi connectivity index (χ4v) is 5.96. The van der Waals surface area contributed by atoms with Crippen molar-refractivity contribution in [3.63, 3.8) is 0 Å². The normalized spacial score (nSPS) is 14.2. The van der Waals surface area contributed by atoms with Crippen molar-refractivity contribution in [1.82, 2.24) is 0 Å². The first-order valence-corrected chi connectivity index (χ1v) is 12.8. The van der Waals surface area contributed by atoms with Gasteiger partial charge >= 0.3 is 10.4 Å². The highest BCUT2D eigenvalue weighted by atomic mass is 32.3. The quantitative estimate of drug-likeness (QED) is 0.359. The van der Waals surface area contributed by atoms with Crippen molar-refractivity contribution in [3.05, 3.63) is 0 Å². The highest BCUT2D eigenvalue weighted by Crippen LogP contribution is 2.10. The summed E-state index contributed by atoms with van der Waals surface area (Å²) < 4.78 is 102. The van der Waals surface area contributed by atoms with E-state index in [2.05, 4.69) is 11.4 Å². The monoisotopic (exact) mass is 432 g/mol. The molecule has 0 unspecified atom stereocenters. The molecule has 0 N–H and O–H groups in total. The average molecular weight is 433 g/mol. The molecule has 0 fully saturated rings. The van der Waals surface area contributed by atoms with Crippen LogP contribution in [-0.2, 0) is 52.2 Å².